The minimum atomic E-state index is -3.47. The van der Waals surface area contributed by atoms with Crippen LogP contribution >= 0.6 is 0 Å². The maximum atomic E-state index is 12.1. The van der Waals surface area contributed by atoms with Gasteiger partial charge >= 0.3 is 0 Å². The SMILES string of the molecule is CNc1cc(S(=O)(=O)NCCC2CCCO2)ccn1. The first-order valence-electron chi connectivity index (χ1n) is 6.37. The quantitative estimate of drug-likeness (QED) is 0.814. The number of hydrogen-bond donors (Lipinski definition) is 2. The fourth-order valence-corrected chi connectivity index (χ4v) is 3.08. The first kappa shape index (κ1) is 14.2. The zero-order valence-electron chi connectivity index (χ0n) is 10.9. The number of rotatable bonds is 6. The Morgan fingerprint density at radius 3 is 3.05 bits per heavy atom. The number of anilines is 1. The minimum absolute atomic E-state index is 0.188. The van der Waals surface area contributed by atoms with Crippen molar-refractivity contribution in [3.05, 3.63) is 18.3 Å². The van der Waals surface area contributed by atoms with E-state index in [9.17, 15) is 8.42 Å². The Morgan fingerprint density at radius 1 is 1.53 bits per heavy atom. The highest BCUT2D eigenvalue weighted by atomic mass is 32.2. The lowest BCUT2D eigenvalue weighted by molar-refractivity contribution is 0.105. The molecule has 7 heteroatoms. The second kappa shape index (κ2) is 6.31. The molecule has 2 N–H and O–H groups in total. The van der Waals surface area contributed by atoms with Crippen LogP contribution in [0.4, 0.5) is 5.82 Å². The second-order valence-corrected chi connectivity index (χ2v) is 6.22. The molecule has 1 aliphatic rings. The largest absolute Gasteiger partial charge is 0.378 e. The molecule has 0 spiro atoms. The Bertz CT molecular complexity index is 513. The molecule has 1 unspecified atom stereocenters. The molecule has 1 aromatic rings. The molecule has 1 aliphatic heterocycles. The Labute approximate surface area is 113 Å². The first-order valence-corrected chi connectivity index (χ1v) is 7.85. The molecular weight excluding hydrogens is 266 g/mol. The van der Waals surface area contributed by atoms with Crippen LogP contribution in [-0.4, -0.2) is 39.7 Å². The molecule has 2 heterocycles. The van der Waals surface area contributed by atoms with Crippen LogP contribution in [0, 0.1) is 0 Å². The van der Waals surface area contributed by atoms with E-state index in [0.717, 1.165) is 19.4 Å². The lowest BCUT2D eigenvalue weighted by atomic mass is 10.2. The van der Waals surface area contributed by atoms with Crippen molar-refractivity contribution >= 4 is 15.8 Å². The van der Waals surface area contributed by atoms with Crippen molar-refractivity contribution in [1.82, 2.24) is 9.71 Å². The zero-order valence-corrected chi connectivity index (χ0v) is 11.7. The molecule has 0 bridgehead atoms. The van der Waals surface area contributed by atoms with E-state index in [1.54, 1.807) is 7.05 Å². The molecule has 0 amide bonds. The molecule has 1 atom stereocenters. The van der Waals surface area contributed by atoms with E-state index in [1.165, 1.54) is 18.3 Å². The molecule has 0 aromatic carbocycles. The van der Waals surface area contributed by atoms with Gasteiger partial charge in [-0.1, -0.05) is 0 Å². The molecule has 106 valence electrons. The van der Waals surface area contributed by atoms with Crippen LogP contribution in [0.3, 0.4) is 0 Å². The van der Waals surface area contributed by atoms with E-state index in [1.807, 2.05) is 0 Å². The van der Waals surface area contributed by atoms with E-state index < -0.39 is 10.0 Å². The zero-order chi connectivity index (χ0) is 13.7. The molecular formula is C12H19N3O3S. The van der Waals surface area contributed by atoms with Crippen LogP contribution in [0.15, 0.2) is 23.2 Å². The topological polar surface area (TPSA) is 80.3 Å². The summed E-state index contributed by atoms with van der Waals surface area (Å²) in [5.41, 5.74) is 0. The smallest absolute Gasteiger partial charge is 0.240 e. The van der Waals surface area contributed by atoms with Gasteiger partial charge in [0.1, 0.15) is 5.82 Å². The van der Waals surface area contributed by atoms with Crippen LogP contribution in [-0.2, 0) is 14.8 Å². The van der Waals surface area contributed by atoms with Crippen LogP contribution in [0.25, 0.3) is 0 Å². The predicted molar refractivity (Wildman–Crippen MR) is 72.6 cm³/mol. The van der Waals surface area contributed by atoms with Crippen molar-refractivity contribution in [1.29, 1.82) is 0 Å². The van der Waals surface area contributed by atoms with E-state index in [4.69, 9.17) is 4.74 Å². The number of pyridine rings is 1. The molecule has 19 heavy (non-hydrogen) atoms. The van der Waals surface area contributed by atoms with Crippen molar-refractivity contribution < 1.29 is 13.2 Å². The Morgan fingerprint density at radius 2 is 2.37 bits per heavy atom. The van der Waals surface area contributed by atoms with Crippen LogP contribution in [0.2, 0.25) is 0 Å². The Hall–Kier alpha value is -1.18. The second-order valence-electron chi connectivity index (χ2n) is 4.45. The first-order chi connectivity index (χ1) is 9.12. The van der Waals surface area contributed by atoms with Crippen molar-refractivity contribution in [3.8, 4) is 0 Å². The molecule has 0 saturated carbocycles. The lowest BCUT2D eigenvalue weighted by Gasteiger charge is -2.11. The molecule has 1 saturated heterocycles. The van der Waals surface area contributed by atoms with Gasteiger partial charge in [0, 0.05) is 32.5 Å². The number of aromatic nitrogens is 1. The summed E-state index contributed by atoms with van der Waals surface area (Å²) in [5, 5.41) is 2.82. The molecule has 2 rings (SSSR count). The Balaban J connectivity index is 1.93. The summed E-state index contributed by atoms with van der Waals surface area (Å²) < 4.78 is 32.2. The number of hydrogen-bond acceptors (Lipinski definition) is 5. The van der Waals surface area contributed by atoms with Crippen LogP contribution in [0.5, 0.6) is 0 Å². The molecule has 0 radical (unpaired) electrons. The van der Waals surface area contributed by atoms with E-state index in [-0.39, 0.29) is 11.0 Å². The number of sulfonamides is 1. The molecule has 1 aromatic heterocycles. The minimum Gasteiger partial charge on any atom is -0.378 e. The maximum absolute atomic E-state index is 12.1. The standard InChI is InChI=1S/C12H19N3O3S/c1-13-12-9-11(5-6-14-12)19(16,17)15-7-4-10-3-2-8-18-10/h5-6,9-10,15H,2-4,7-8H2,1H3,(H,13,14). The fraction of sp³-hybridized carbons (Fsp3) is 0.583. The summed E-state index contributed by atoms with van der Waals surface area (Å²) >= 11 is 0. The maximum Gasteiger partial charge on any atom is 0.240 e. The van der Waals surface area contributed by atoms with Gasteiger partial charge in [0.15, 0.2) is 0 Å². The predicted octanol–water partition coefficient (Wildman–Crippen LogP) is 0.971. The van der Waals surface area contributed by atoms with Crippen molar-refractivity contribution in [2.45, 2.75) is 30.3 Å². The summed E-state index contributed by atoms with van der Waals surface area (Å²) in [6, 6.07) is 2.99. The van der Waals surface area contributed by atoms with Gasteiger partial charge < -0.3 is 10.1 Å². The third-order valence-corrected chi connectivity index (χ3v) is 4.54. The van der Waals surface area contributed by atoms with Gasteiger partial charge in [0.05, 0.1) is 11.0 Å². The normalized spacial score (nSPS) is 19.5. The molecule has 6 nitrogen and oxygen atoms in total. The highest BCUT2D eigenvalue weighted by Crippen LogP contribution is 2.16. The third kappa shape index (κ3) is 3.89. The summed E-state index contributed by atoms with van der Waals surface area (Å²) in [5.74, 6) is 0.530. The van der Waals surface area contributed by atoms with Gasteiger partial charge in [-0.25, -0.2) is 18.1 Å². The van der Waals surface area contributed by atoms with Crippen molar-refractivity contribution in [2.75, 3.05) is 25.5 Å². The van der Waals surface area contributed by atoms with E-state index >= 15 is 0 Å². The van der Waals surface area contributed by atoms with Crippen molar-refractivity contribution in [2.24, 2.45) is 0 Å². The molecule has 0 aliphatic carbocycles. The van der Waals surface area contributed by atoms with Gasteiger partial charge in [-0.15, -0.1) is 0 Å². The average Bonchev–Trinajstić information content (AvgIpc) is 2.92. The van der Waals surface area contributed by atoms with Crippen LogP contribution in [0.1, 0.15) is 19.3 Å². The monoisotopic (exact) mass is 285 g/mol. The van der Waals surface area contributed by atoms with Crippen molar-refractivity contribution in [3.63, 3.8) is 0 Å². The van der Waals surface area contributed by atoms with Crippen LogP contribution < -0.4 is 10.0 Å². The Kier molecular flexibility index (Phi) is 4.73. The average molecular weight is 285 g/mol. The van der Waals surface area contributed by atoms with E-state index in [0.29, 0.717) is 18.8 Å². The van der Waals surface area contributed by atoms with Gasteiger partial charge in [0.25, 0.3) is 0 Å². The number of nitrogens with one attached hydrogen (secondary N) is 2. The van der Waals surface area contributed by atoms with Gasteiger partial charge in [-0.05, 0) is 25.3 Å². The molecule has 1 fully saturated rings. The summed E-state index contributed by atoms with van der Waals surface area (Å²) in [7, 11) is -1.77. The highest BCUT2D eigenvalue weighted by Gasteiger charge is 2.18. The lowest BCUT2D eigenvalue weighted by Crippen LogP contribution is -2.27. The number of nitrogens with zero attached hydrogens (tertiary/aromatic N) is 1. The number of ether oxygens (including phenoxy) is 1. The summed E-state index contributed by atoms with van der Waals surface area (Å²) in [6.45, 7) is 1.18. The summed E-state index contributed by atoms with van der Waals surface area (Å²) in [6.07, 6.45) is 4.45. The van der Waals surface area contributed by atoms with Gasteiger partial charge in [0.2, 0.25) is 10.0 Å². The van der Waals surface area contributed by atoms with E-state index in [2.05, 4.69) is 15.0 Å². The fourth-order valence-electron chi connectivity index (χ4n) is 2.02. The highest BCUT2D eigenvalue weighted by molar-refractivity contribution is 7.89. The summed E-state index contributed by atoms with van der Waals surface area (Å²) in [4.78, 5) is 4.21. The third-order valence-electron chi connectivity index (χ3n) is 3.08. The van der Waals surface area contributed by atoms with Gasteiger partial charge in [-0.2, -0.15) is 0 Å². The van der Waals surface area contributed by atoms with Gasteiger partial charge in [-0.3, -0.25) is 0 Å².